The Morgan fingerprint density at radius 3 is 2.48 bits per heavy atom. The summed E-state index contributed by atoms with van der Waals surface area (Å²) in [6.07, 6.45) is 5.56. The molecule has 0 aliphatic carbocycles. The van der Waals surface area contributed by atoms with E-state index in [1.165, 1.54) is 0 Å². The Morgan fingerprint density at radius 1 is 1.19 bits per heavy atom. The standard InChI is InChI=1S/C19H24N4O3S/c1-26-17-7-5-16(6-8-17)23-14-15(4-3-13-24)20-18(19(23)25)21-9-11-22(27-2)12-10-21/h5-8,13-14H,3-4,9-12H2,1-2H3. The van der Waals surface area contributed by atoms with E-state index in [1.54, 1.807) is 29.8 Å². The number of ether oxygens (including phenoxy) is 1. The van der Waals surface area contributed by atoms with Crippen molar-refractivity contribution in [1.29, 1.82) is 0 Å². The SMILES string of the molecule is COc1ccc(-n2cc(CCC=O)nc(N3CCN(SC)CC3)c2=O)cc1. The maximum Gasteiger partial charge on any atom is 0.298 e. The highest BCUT2D eigenvalue weighted by molar-refractivity contribution is 7.96. The topological polar surface area (TPSA) is 67.7 Å². The third-order valence-corrected chi connectivity index (χ3v) is 5.48. The Morgan fingerprint density at radius 2 is 1.89 bits per heavy atom. The summed E-state index contributed by atoms with van der Waals surface area (Å²) in [7, 11) is 1.61. The molecule has 0 atom stereocenters. The van der Waals surface area contributed by atoms with Crippen molar-refractivity contribution in [3.8, 4) is 11.4 Å². The maximum absolute atomic E-state index is 13.1. The van der Waals surface area contributed by atoms with Crippen molar-refractivity contribution in [2.24, 2.45) is 0 Å². The molecule has 0 spiro atoms. The molecule has 1 aliphatic heterocycles. The van der Waals surface area contributed by atoms with Crippen LogP contribution in [0, 0.1) is 0 Å². The van der Waals surface area contributed by atoms with Crippen LogP contribution in [0.5, 0.6) is 5.75 Å². The van der Waals surface area contributed by atoms with Gasteiger partial charge in [0.25, 0.3) is 5.56 Å². The van der Waals surface area contributed by atoms with Crippen LogP contribution in [0.15, 0.2) is 35.3 Å². The highest BCUT2D eigenvalue weighted by atomic mass is 32.2. The van der Waals surface area contributed by atoms with Crippen molar-refractivity contribution in [2.45, 2.75) is 12.8 Å². The van der Waals surface area contributed by atoms with Crippen LogP contribution in [0.3, 0.4) is 0 Å². The summed E-state index contributed by atoms with van der Waals surface area (Å²) >= 11 is 1.72. The minimum atomic E-state index is -0.146. The highest BCUT2D eigenvalue weighted by Crippen LogP contribution is 2.18. The predicted octanol–water partition coefficient (Wildman–Crippen LogP) is 1.77. The van der Waals surface area contributed by atoms with Crippen molar-refractivity contribution in [1.82, 2.24) is 13.9 Å². The van der Waals surface area contributed by atoms with Crippen LogP contribution in [0.2, 0.25) is 0 Å². The molecular weight excluding hydrogens is 364 g/mol. The molecule has 8 heteroatoms. The molecule has 7 nitrogen and oxygen atoms in total. The van der Waals surface area contributed by atoms with E-state index in [1.807, 2.05) is 29.2 Å². The first-order valence-corrected chi connectivity index (χ1v) is 10.1. The van der Waals surface area contributed by atoms with Crippen molar-refractivity contribution in [3.05, 3.63) is 46.5 Å². The fourth-order valence-corrected chi connectivity index (χ4v) is 3.61. The van der Waals surface area contributed by atoms with E-state index < -0.39 is 0 Å². The normalized spacial score (nSPS) is 15.0. The molecule has 0 radical (unpaired) electrons. The molecule has 0 N–H and O–H groups in total. The summed E-state index contributed by atoms with van der Waals surface area (Å²) in [4.78, 5) is 30.6. The number of aldehydes is 1. The Kier molecular flexibility index (Phi) is 6.52. The Hall–Kier alpha value is -2.32. The van der Waals surface area contributed by atoms with Crippen molar-refractivity contribution < 1.29 is 9.53 Å². The van der Waals surface area contributed by atoms with Gasteiger partial charge in [0, 0.05) is 44.5 Å². The van der Waals surface area contributed by atoms with E-state index in [0.717, 1.165) is 49.6 Å². The lowest BCUT2D eigenvalue weighted by atomic mass is 10.2. The van der Waals surface area contributed by atoms with Gasteiger partial charge in [-0.1, -0.05) is 11.9 Å². The zero-order valence-corrected chi connectivity index (χ0v) is 16.4. The van der Waals surface area contributed by atoms with E-state index in [0.29, 0.717) is 18.7 Å². The number of methoxy groups -OCH3 is 1. The average molecular weight is 388 g/mol. The number of carbonyl (C=O) groups excluding carboxylic acids is 1. The zero-order chi connectivity index (χ0) is 19.2. The molecule has 2 aromatic rings. The van der Waals surface area contributed by atoms with Gasteiger partial charge in [0.1, 0.15) is 12.0 Å². The summed E-state index contributed by atoms with van der Waals surface area (Å²) in [5.74, 6) is 1.19. The van der Waals surface area contributed by atoms with Gasteiger partial charge in [0.15, 0.2) is 5.82 Å². The van der Waals surface area contributed by atoms with Gasteiger partial charge in [-0.3, -0.25) is 9.36 Å². The Bertz CT molecular complexity index is 830. The molecule has 0 amide bonds. The molecule has 1 fully saturated rings. The highest BCUT2D eigenvalue weighted by Gasteiger charge is 2.21. The van der Waals surface area contributed by atoms with Gasteiger partial charge in [-0.2, -0.15) is 0 Å². The fourth-order valence-electron chi connectivity index (χ4n) is 3.08. The van der Waals surface area contributed by atoms with Crippen molar-refractivity contribution in [2.75, 3.05) is 44.4 Å². The number of piperazine rings is 1. The first-order chi connectivity index (χ1) is 13.2. The molecule has 3 rings (SSSR count). The van der Waals surface area contributed by atoms with Gasteiger partial charge in [-0.05, 0) is 36.9 Å². The third kappa shape index (κ3) is 4.51. The number of aryl methyl sites for hydroxylation is 1. The number of hydrogen-bond acceptors (Lipinski definition) is 7. The first kappa shape index (κ1) is 19.4. The predicted molar refractivity (Wildman–Crippen MR) is 108 cm³/mol. The molecule has 144 valence electrons. The second kappa shape index (κ2) is 9.05. The van der Waals surface area contributed by atoms with Gasteiger partial charge < -0.3 is 14.4 Å². The van der Waals surface area contributed by atoms with E-state index >= 15 is 0 Å². The zero-order valence-electron chi connectivity index (χ0n) is 15.6. The van der Waals surface area contributed by atoms with Crippen LogP contribution in [-0.4, -0.2) is 59.7 Å². The van der Waals surface area contributed by atoms with Crippen LogP contribution in [0.1, 0.15) is 12.1 Å². The lowest BCUT2D eigenvalue weighted by Crippen LogP contribution is -2.46. The van der Waals surface area contributed by atoms with Crippen LogP contribution < -0.4 is 15.2 Å². The van der Waals surface area contributed by atoms with E-state index in [-0.39, 0.29) is 5.56 Å². The van der Waals surface area contributed by atoms with Crippen LogP contribution in [0.4, 0.5) is 5.82 Å². The monoisotopic (exact) mass is 388 g/mol. The quantitative estimate of drug-likeness (QED) is 0.529. The summed E-state index contributed by atoms with van der Waals surface area (Å²) in [5.41, 5.74) is 1.34. The average Bonchev–Trinajstić information content (AvgIpc) is 2.73. The molecule has 1 aromatic heterocycles. The van der Waals surface area contributed by atoms with Gasteiger partial charge >= 0.3 is 0 Å². The van der Waals surface area contributed by atoms with Gasteiger partial charge in [-0.15, -0.1) is 0 Å². The van der Waals surface area contributed by atoms with E-state index in [4.69, 9.17) is 4.74 Å². The van der Waals surface area contributed by atoms with Crippen molar-refractivity contribution >= 4 is 24.1 Å². The lowest BCUT2D eigenvalue weighted by molar-refractivity contribution is -0.107. The van der Waals surface area contributed by atoms with Crippen molar-refractivity contribution in [3.63, 3.8) is 0 Å². The number of rotatable bonds is 7. The number of hydrogen-bond donors (Lipinski definition) is 0. The molecule has 0 bridgehead atoms. The number of benzene rings is 1. The van der Waals surface area contributed by atoms with E-state index in [2.05, 4.69) is 15.5 Å². The maximum atomic E-state index is 13.1. The summed E-state index contributed by atoms with van der Waals surface area (Å²) in [6, 6.07) is 7.34. The molecule has 0 unspecified atom stereocenters. The van der Waals surface area contributed by atoms with Gasteiger partial charge in [0.05, 0.1) is 12.8 Å². The summed E-state index contributed by atoms with van der Waals surface area (Å²) in [6.45, 7) is 3.26. The molecule has 2 heterocycles. The van der Waals surface area contributed by atoms with Gasteiger partial charge in [-0.25, -0.2) is 9.29 Å². The minimum absolute atomic E-state index is 0.146. The second-order valence-corrected chi connectivity index (χ2v) is 7.11. The number of aromatic nitrogens is 2. The number of carbonyl (C=O) groups is 1. The van der Waals surface area contributed by atoms with Gasteiger partial charge in [0.2, 0.25) is 0 Å². The van der Waals surface area contributed by atoms with E-state index in [9.17, 15) is 9.59 Å². The Labute approximate surface area is 163 Å². The lowest BCUT2D eigenvalue weighted by Gasteiger charge is -2.33. The molecule has 27 heavy (non-hydrogen) atoms. The molecule has 1 saturated heterocycles. The fraction of sp³-hybridized carbons (Fsp3) is 0.421. The van der Waals surface area contributed by atoms with Crippen LogP contribution >= 0.6 is 11.9 Å². The molecule has 1 aromatic carbocycles. The summed E-state index contributed by atoms with van der Waals surface area (Å²) < 4.78 is 9.08. The summed E-state index contributed by atoms with van der Waals surface area (Å²) in [5, 5.41) is 0. The molecule has 0 saturated carbocycles. The first-order valence-electron chi connectivity index (χ1n) is 8.91. The largest absolute Gasteiger partial charge is 0.497 e. The molecular formula is C19H24N4O3S. The van der Waals surface area contributed by atoms with Crippen LogP contribution in [0.25, 0.3) is 5.69 Å². The molecule has 1 aliphatic rings. The number of nitrogens with zero attached hydrogens (tertiary/aromatic N) is 4. The second-order valence-electron chi connectivity index (χ2n) is 6.23. The number of anilines is 1. The third-order valence-electron chi connectivity index (χ3n) is 4.60. The van der Waals surface area contributed by atoms with Crippen LogP contribution in [-0.2, 0) is 11.2 Å². The smallest absolute Gasteiger partial charge is 0.298 e. The Balaban J connectivity index is 1.99. The minimum Gasteiger partial charge on any atom is -0.497 e.